The summed E-state index contributed by atoms with van der Waals surface area (Å²) in [6, 6.07) is 8.50. The van der Waals surface area contributed by atoms with Gasteiger partial charge in [0.1, 0.15) is 4.21 Å². The van der Waals surface area contributed by atoms with Gasteiger partial charge in [-0.1, -0.05) is 33.6 Å². The topological polar surface area (TPSA) is 66.5 Å². The second-order valence-corrected chi connectivity index (χ2v) is 10.2. The van der Waals surface area contributed by atoms with Crippen LogP contribution >= 0.6 is 38.9 Å². The maximum Gasteiger partial charge on any atom is 0.252 e. The number of nitrogens with zero attached hydrogens (tertiary/aromatic N) is 1. The molecule has 3 rings (SSSR count). The van der Waals surface area contributed by atoms with Gasteiger partial charge in [-0.2, -0.15) is 4.31 Å². The lowest BCUT2D eigenvalue weighted by atomic mass is 9.99. The molecule has 1 aromatic heterocycles. The Morgan fingerprint density at radius 1 is 1.36 bits per heavy atom. The SMILES string of the molecule is O=C(Nc1ccc(Br)cc1Cl)C1CCCN(S(=O)(=O)c2cccs2)C1. The molecule has 5 nitrogen and oxygen atoms in total. The summed E-state index contributed by atoms with van der Waals surface area (Å²) in [7, 11) is -3.53. The van der Waals surface area contributed by atoms with Gasteiger partial charge < -0.3 is 5.32 Å². The largest absolute Gasteiger partial charge is 0.324 e. The number of thiophene rings is 1. The molecule has 1 unspecified atom stereocenters. The van der Waals surface area contributed by atoms with Crippen LogP contribution in [0.5, 0.6) is 0 Å². The number of benzene rings is 1. The van der Waals surface area contributed by atoms with Crippen molar-refractivity contribution < 1.29 is 13.2 Å². The average Bonchev–Trinajstić information content (AvgIpc) is 3.13. The van der Waals surface area contributed by atoms with E-state index in [0.29, 0.717) is 34.3 Å². The molecule has 0 radical (unpaired) electrons. The van der Waals surface area contributed by atoms with Crippen molar-refractivity contribution in [2.75, 3.05) is 18.4 Å². The molecule has 1 aromatic carbocycles. The van der Waals surface area contributed by atoms with E-state index >= 15 is 0 Å². The van der Waals surface area contributed by atoms with Gasteiger partial charge in [0.25, 0.3) is 10.0 Å². The van der Waals surface area contributed by atoms with Crippen LogP contribution in [0.3, 0.4) is 0 Å². The van der Waals surface area contributed by atoms with E-state index < -0.39 is 15.9 Å². The summed E-state index contributed by atoms with van der Waals surface area (Å²) in [6.07, 6.45) is 1.30. The van der Waals surface area contributed by atoms with Crippen molar-refractivity contribution in [1.82, 2.24) is 4.31 Å². The van der Waals surface area contributed by atoms with Crippen molar-refractivity contribution in [2.45, 2.75) is 17.1 Å². The lowest BCUT2D eigenvalue weighted by molar-refractivity contribution is -0.120. The number of piperidine rings is 1. The maximum absolute atomic E-state index is 12.6. The Balaban J connectivity index is 1.72. The van der Waals surface area contributed by atoms with Crippen LogP contribution in [0.2, 0.25) is 5.02 Å². The van der Waals surface area contributed by atoms with Gasteiger partial charge in [-0.05, 0) is 42.5 Å². The first kappa shape index (κ1) is 18.8. The van der Waals surface area contributed by atoms with Gasteiger partial charge in [0.2, 0.25) is 5.91 Å². The monoisotopic (exact) mass is 462 g/mol. The first-order valence-corrected chi connectivity index (χ1v) is 11.2. The molecule has 2 heterocycles. The number of hydrogen-bond acceptors (Lipinski definition) is 4. The van der Waals surface area contributed by atoms with Gasteiger partial charge in [0.15, 0.2) is 0 Å². The van der Waals surface area contributed by atoms with Crippen molar-refractivity contribution in [3.8, 4) is 0 Å². The first-order valence-electron chi connectivity index (χ1n) is 7.67. The Kier molecular flexibility index (Phi) is 5.85. The molecule has 0 bridgehead atoms. The van der Waals surface area contributed by atoms with Crippen LogP contribution in [-0.4, -0.2) is 31.7 Å². The summed E-state index contributed by atoms with van der Waals surface area (Å²) in [5.41, 5.74) is 0.521. The molecule has 1 N–H and O–H groups in total. The van der Waals surface area contributed by atoms with E-state index in [9.17, 15) is 13.2 Å². The van der Waals surface area contributed by atoms with E-state index in [4.69, 9.17) is 11.6 Å². The van der Waals surface area contributed by atoms with Crippen molar-refractivity contribution in [3.05, 3.63) is 45.2 Å². The number of rotatable bonds is 4. The Morgan fingerprint density at radius 3 is 2.84 bits per heavy atom. The zero-order chi connectivity index (χ0) is 18.0. The Morgan fingerprint density at radius 2 is 2.16 bits per heavy atom. The van der Waals surface area contributed by atoms with Crippen molar-refractivity contribution in [3.63, 3.8) is 0 Å². The highest BCUT2D eigenvalue weighted by molar-refractivity contribution is 9.10. The quantitative estimate of drug-likeness (QED) is 0.739. The molecular weight excluding hydrogens is 448 g/mol. The van der Waals surface area contributed by atoms with Crippen LogP contribution in [0.25, 0.3) is 0 Å². The number of amides is 1. The Hall–Kier alpha value is -0.930. The minimum atomic E-state index is -3.53. The zero-order valence-electron chi connectivity index (χ0n) is 13.1. The predicted octanol–water partition coefficient (Wildman–Crippen LogP) is 4.20. The first-order chi connectivity index (χ1) is 11.9. The molecule has 25 heavy (non-hydrogen) atoms. The number of hydrogen-bond donors (Lipinski definition) is 1. The van der Waals surface area contributed by atoms with E-state index in [0.717, 1.165) is 4.47 Å². The third-order valence-electron chi connectivity index (χ3n) is 4.03. The lowest BCUT2D eigenvalue weighted by Gasteiger charge is -2.30. The van der Waals surface area contributed by atoms with Crippen molar-refractivity contribution in [2.24, 2.45) is 5.92 Å². The Bertz CT molecular complexity index is 872. The van der Waals surface area contributed by atoms with Crippen LogP contribution in [0.1, 0.15) is 12.8 Å². The Labute approximate surface area is 164 Å². The molecular formula is C16H16BrClN2O3S2. The molecule has 1 aliphatic rings. The summed E-state index contributed by atoms with van der Waals surface area (Å²) < 4.78 is 27.8. The van der Waals surface area contributed by atoms with Gasteiger partial charge in [0, 0.05) is 17.6 Å². The van der Waals surface area contributed by atoms with Crippen LogP contribution < -0.4 is 5.32 Å². The van der Waals surface area contributed by atoms with E-state index in [1.54, 1.807) is 35.7 Å². The minimum absolute atomic E-state index is 0.181. The highest BCUT2D eigenvalue weighted by atomic mass is 79.9. The molecule has 0 saturated carbocycles. The number of anilines is 1. The van der Waals surface area contributed by atoms with Crippen LogP contribution in [0.4, 0.5) is 5.69 Å². The molecule has 1 fully saturated rings. The van der Waals surface area contributed by atoms with Gasteiger partial charge in [-0.15, -0.1) is 11.3 Å². The van der Waals surface area contributed by atoms with Gasteiger partial charge in [-0.3, -0.25) is 4.79 Å². The second-order valence-electron chi connectivity index (χ2n) is 5.75. The maximum atomic E-state index is 12.6. The van der Waals surface area contributed by atoms with Gasteiger partial charge in [0.05, 0.1) is 16.6 Å². The molecule has 0 aliphatic carbocycles. The third-order valence-corrected chi connectivity index (χ3v) is 8.08. The fraction of sp³-hybridized carbons (Fsp3) is 0.312. The highest BCUT2D eigenvalue weighted by Crippen LogP contribution is 2.29. The number of sulfonamides is 1. The molecule has 1 saturated heterocycles. The average molecular weight is 464 g/mol. The van der Waals surface area contributed by atoms with E-state index in [-0.39, 0.29) is 12.5 Å². The molecule has 1 amide bonds. The summed E-state index contributed by atoms with van der Waals surface area (Å²) in [4.78, 5) is 12.6. The summed E-state index contributed by atoms with van der Waals surface area (Å²) in [5.74, 6) is -0.612. The van der Waals surface area contributed by atoms with Crippen LogP contribution in [-0.2, 0) is 14.8 Å². The summed E-state index contributed by atoms with van der Waals surface area (Å²) in [5, 5.41) is 4.97. The molecule has 134 valence electrons. The molecule has 0 spiro atoms. The van der Waals surface area contributed by atoms with Gasteiger partial charge in [-0.25, -0.2) is 8.42 Å². The number of nitrogens with one attached hydrogen (secondary N) is 1. The van der Waals surface area contributed by atoms with Gasteiger partial charge >= 0.3 is 0 Å². The highest BCUT2D eigenvalue weighted by Gasteiger charge is 2.33. The normalized spacial score (nSPS) is 18.9. The van der Waals surface area contributed by atoms with E-state index in [2.05, 4.69) is 21.2 Å². The fourth-order valence-electron chi connectivity index (χ4n) is 2.74. The molecule has 2 aromatic rings. The van der Waals surface area contributed by atoms with E-state index in [1.807, 2.05) is 0 Å². The van der Waals surface area contributed by atoms with Crippen molar-refractivity contribution in [1.29, 1.82) is 0 Å². The molecule has 9 heteroatoms. The summed E-state index contributed by atoms with van der Waals surface area (Å²) in [6.45, 7) is 0.614. The second kappa shape index (κ2) is 7.75. The number of carbonyl (C=O) groups is 1. The lowest BCUT2D eigenvalue weighted by Crippen LogP contribution is -2.43. The number of carbonyl (C=O) groups excluding carboxylic acids is 1. The minimum Gasteiger partial charge on any atom is -0.324 e. The van der Waals surface area contributed by atoms with Crippen LogP contribution in [0, 0.1) is 5.92 Å². The smallest absolute Gasteiger partial charge is 0.252 e. The number of halogens is 2. The van der Waals surface area contributed by atoms with Crippen molar-refractivity contribution >= 4 is 60.5 Å². The fourth-order valence-corrected chi connectivity index (χ4v) is 6.13. The molecule has 1 atom stereocenters. The standard InChI is InChI=1S/C16H16BrClN2O3S2/c17-12-5-6-14(13(18)9-12)19-16(21)11-3-1-7-20(10-11)25(22,23)15-4-2-8-24-15/h2,4-6,8-9,11H,1,3,7,10H2,(H,19,21). The van der Waals surface area contributed by atoms with E-state index in [1.165, 1.54) is 15.6 Å². The predicted molar refractivity (Wildman–Crippen MR) is 104 cm³/mol. The summed E-state index contributed by atoms with van der Waals surface area (Å²) >= 11 is 10.6. The zero-order valence-corrected chi connectivity index (χ0v) is 17.1. The third kappa shape index (κ3) is 4.25. The van der Waals surface area contributed by atoms with Crippen LogP contribution in [0.15, 0.2) is 44.4 Å². The molecule has 1 aliphatic heterocycles.